The summed E-state index contributed by atoms with van der Waals surface area (Å²) >= 11 is 11.3. The average Bonchev–Trinajstić information content (AvgIpc) is 2.33. The van der Waals surface area contributed by atoms with E-state index in [1.165, 1.54) is 24.4 Å². The van der Waals surface area contributed by atoms with E-state index >= 15 is 0 Å². The Morgan fingerprint density at radius 1 is 1.06 bits per heavy atom. The molecule has 0 aliphatic carbocycles. The molecule has 94 valence electrons. The first kappa shape index (κ1) is 13.1. The lowest BCUT2D eigenvalue weighted by Gasteiger charge is -2.08. The van der Waals surface area contributed by atoms with Crippen LogP contribution in [0, 0.1) is 11.6 Å². The minimum Gasteiger partial charge on any atom is -0.381 e. The molecule has 0 aliphatic rings. The molecule has 0 radical (unpaired) electrons. The van der Waals surface area contributed by atoms with Gasteiger partial charge in [0.15, 0.2) is 5.82 Å². The Balaban J connectivity index is 2.11. The predicted molar refractivity (Wildman–Crippen MR) is 67.9 cm³/mol. The minimum atomic E-state index is -0.656. The molecule has 0 saturated heterocycles. The first-order valence-electron chi connectivity index (χ1n) is 5.04. The van der Waals surface area contributed by atoms with Crippen molar-refractivity contribution in [2.45, 2.75) is 6.54 Å². The highest BCUT2D eigenvalue weighted by atomic mass is 35.5. The maximum Gasteiger partial charge on any atom is 0.160 e. The smallest absolute Gasteiger partial charge is 0.160 e. The largest absolute Gasteiger partial charge is 0.381 e. The molecule has 0 amide bonds. The number of halogens is 4. The van der Waals surface area contributed by atoms with Gasteiger partial charge < -0.3 is 5.32 Å². The molecule has 1 aromatic heterocycles. The van der Waals surface area contributed by atoms with Gasteiger partial charge in [-0.2, -0.15) is 0 Å². The molecule has 0 aliphatic heterocycles. The zero-order valence-corrected chi connectivity index (χ0v) is 10.6. The highest BCUT2D eigenvalue weighted by molar-refractivity contribution is 6.35. The van der Waals surface area contributed by atoms with Crippen LogP contribution in [0.4, 0.5) is 14.5 Å². The van der Waals surface area contributed by atoms with Gasteiger partial charge in [-0.05, 0) is 23.8 Å². The quantitative estimate of drug-likeness (QED) is 0.853. The van der Waals surface area contributed by atoms with Gasteiger partial charge in [0.2, 0.25) is 0 Å². The molecule has 1 aromatic carbocycles. The maximum absolute atomic E-state index is 13.2. The lowest BCUT2D eigenvalue weighted by atomic mass is 10.2. The second-order valence-corrected chi connectivity index (χ2v) is 4.43. The summed E-state index contributed by atoms with van der Waals surface area (Å²) in [6, 6.07) is 4.18. The zero-order valence-electron chi connectivity index (χ0n) is 9.05. The molecule has 1 N–H and O–H groups in total. The first-order valence-corrected chi connectivity index (χ1v) is 5.79. The molecule has 6 heteroatoms. The van der Waals surface area contributed by atoms with E-state index in [4.69, 9.17) is 23.2 Å². The van der Waals surface area contributed by atoms with Gasteiger partial charge in [0.25, 0.3) is 0 Å². The second kappa shape index (κ2) is 5.50. The fourth-order valence-corrected chi connectivity index (χ4v) is 1.90. The summed E-state index contributed by atoms with van der Waals surface area (Å²) < 4.78 is 26.1. The number of pyridine rings is 1. The van der Waals surface area contributed by atoms with E-state index in [1.807, 2.05) is 0 Å². The van der Waals surface area contributed by atoms with Gasteiger partial charge in [0.05, 0.1) is 16.2 Å². The van der Waals surface area contributed by atoms with Crippen LogP contribution in [-0.2, 0) is 6.54 Å². The Labute approximate surface area is 113 Å². The normalized spacial score (nSPS) is 10.4. The zero-order chi connectivity index (χ0) is 13.1. The highest BCUT2D eigenvalue weighted by Crippen LogP contribution is 2.27. The Hall–Kier alpha value is -1.39. The molecule has 2 rings (SSSR count). The standard InChI is InChI=1S/C12H8Cl2F2N2/c13-10-2-9(3-11(14)12(10)16)18-5-7-1-8(15)6-17-4-7/h1-4,6,18H,5H2. The van der Waals surface area contributed by atoms with Crippen LogP contribution in [0.1, 0.15) is 5.56 Å². The van der Waals surface area contributed by atoms with Gasteiger partial charge in [-0.3, -0.25) is 4.98 Å². The summed E-state index contributed by atoms with van der Waals surface area (Å²) in [5.41, 5.74) is 1.21. The van der Waals surface area contributed by atoms with E-state index < -0.39 is 11.6 Å². The molecule has 2 nitrogen and oxygen atoms in total. The SMILES string of the molecule is Fc1cncc(CNc2cc(Cl)c(F)c(Cl)c2)c1. The molecule has 0 fully saturated rings. The highest BCUT2D eigenvalue weighted by Gasteiger charge is 2.07. The van der Waals surface area contributed by atoms with E-state index in [-0.39, 0.29) is 10.0 Å². The van der Waals surface area contributed by atoms with Gasteiger partial charge >= 0.3 is 0 Å². The molecular weight excluding hydrogens is 281 g/mol. The van der Waals surface area contributed by atoms with Crippen molar-refractivity contribution in [1.82, 2.24) is 4.98 Å². The summed E-state index contributed by atoms with van der Waals surface area (Å²) in [5.74, 6) is -1.07. The van der Waals surface area contributed by atoms with Crippen LogP contribution in [0.25, 0.3) is 0 Å². The third-order valence-corrected chi connectivity index (χ3v) is 2.79. The molecule has 2 aromatic rings. The van der Waals surface area contributed by atoms with Crippen LogP contribution < -0.4 is 5.32 Å². The Morgan fingerprint density at radius 2 is 1.72 bits per heavy atom. The van der Waals surface area contributed by atoms with E-state index in [0.717, 1.165) is 6.20 Å². The van der Waals surface area contributed by atoms with Gasteiger partial charge in [0.1, 0.15) is 5.82 Å². The van der Waals surface area contributed by atoms with E-state index in [0.29, 0.717) is 17.8 Å². The number of hydrogen-bond acceptors (Lipinski definition) is 2. The number of benzene rings is 1. The number of rotatable bonds is 3. The summed E-state index contributed by atoms with van der Waals surface area (Å²) in [7, 11) is 0. The van der Waals surface area contributed by atoms with Crippen LogP contribution in [0.3, 0.4) is 0 Å². The lowest BCUT2D eigenvalue weighted by Crippen LogP contribution is -2.01. The van der Waals surface area contributed by atoms with Crippen molar-refractivity contribution in [3.8, 4) is 0 Å². The molecule has 0 unspecified atom stereocenters. The number of aromatic nitrogens is 1. The third kappa shape index (κ3) is 3.09. The molecule has 0 saturated carbocycles. The van der Waals surface area contributed by atoms with E-state index in [1.54, 1.807) is 0 Å². The summed E-state index contributed by atoms with van der Waals surface area (Å²) in [6.07, 6.45) is 2.65. The lowest BCUT2D eigenvalue weighted by molar-refractivity contribution is 0.619. The van der Waals surface area contributed by atoms with Crippen LogP contribution in [0.2, 0.25) is 10.0 Å². The van der Waals surface area contributed by atoms with Crippen molar-refractivity contribution in [1.29, 1.82) is 0 Å². The number of nitrogens with zero attached hydrogens (tertiary/aromatic N) is 1. The van der Waals surface area contributed by atoms with Crippen molar-refractivity contribution >= 4 is 28.9 Å². The van der Waals surface area contributed by atoms with E-state index in [9.17, 15) is 8.78 Å². The predicted octanol–water partition coefficient (Wildman–Crippen LogP) is 4.28. The fourth-order valence-electron chi connectivity index (χ4n) is 1.41. The van der Waals surface area contributed by atoms with Crippen molar-refractivity contribution in [3.63, 3.8) is 0 Å². The maximum atomic E-state index is 13.2. The number of anilines is 1. The molecule has 0 atom stereocenters. The Bertz CT molecular complexity index is 553. The van der Waals surface area contributed by atoms with Crippen LogP contribution in [0.5, 0.6) is 0 Å². The van der Waals surface area contributed by atoms with Crippen molar-refractivity contribution in [2.75, 3.05) is 5.32 Å². The Morgan fingerprint density at radius 3 is 2.33 bits per heavy atom. The van der Waals surface area contributed by atoms with Gasteiger partial charge in [0, 0.05) is 18.4 Å². The second-order valence-electron chi connectivity index (χ2n) is 3.62. The summed E-state index contributed by atoms with van der Waals surface area (Å²) in [4.78, 5) is 3.72. The number of nitrogens with one attached hydrogen (secondary N) is 1. The molecule has 0 bridgehead atoms. The van der Waals surface area contributed by atoms with Crippen molar-refractivity contribution < 1.29 is 8.78 Å². The van der Waals surface area contributed by atoms with Crippen LogP contribution >= 0.6 is 23.2 Å². The number of hydrogen-bond donors (Lipinski definition) is 1. The van der Waals surface area contributed by atoms with Crippen LogP contribution in [0.15, 0.2) is 30.6 Å². The van der Waals surface area contributed by atoms with Gasteiger partial charge in [-0.1, -0.05) is 23.2 Å². The monoisotopic (exact) mass is 288 g/mol. The third-order valence-electron chi connectivity index (χ3n) is 2.24. The molecule has 18 heavy (non-hydrogen) atoms. The first-order chi connectivity index (χ1) is 8.56. The van der Waals surface area contributed by atoms with Crippen LogP contribution in [-0.4, -0.2) is 4.98 Å². The average molecular weight is 289 g/mol. The summed E-state index contributed by atoms with van der Waals surface area (Å²) in [5, 5.41) is 2.82. The minimum absolute atomic E-state index is 0.0673. The van der Waals surface area contributed by atoms with E-state index in [2.05, 4.69) is 10.3 Å². The molecule has 1 heterocycles. The van der Waals surface area contributed by atoms with Gasteiger partial charge in [-0.15, -0.1) is 0 Å². The topological polar surface area (TPSA) is 24.9 Å². The fraction of sp³-hybridized carbons (Fsp3) is 0.0833. The molecular formula is C12H8Cl2F2N2. The van der Waals surface area contributed by atoms with Gasteiger partial charge in [-0.25, -0.2) is 8.78 Å². The van der Waals surface area contributed by atoms with Crippen molar-refractivity contribution in [3.05, 3.63) is 57.8 Å². The Kier molecular flexibility index (Phi) is 3.99. The van der Waals surface area contributed by atoms with Crippen molar-refractivity contribution in [2.24, 2.45) is 0 Å². The summed E-state index contributed by atoms with van der Waals surface area (Å²) in [6.45, 7) is 0.336. The molecule has 0 spiro atoms.